The van der Waals surface area contributed by atoms with Gasteiger partial charge < -0.3 is 9.64 Å². The van der Waals surface area contributed by atoms with E-state index in [1.165, 1.54) is 0 Å². The van der Waals surface area contributed by atoms with Crippen LogP contribution in [0.1, 0.15) is 24.2 Å². The normalized spacial score (nSPS) is 25.0. The van der Waals surface area contributed by atoms with Crippen molar-refractivity contribution in [1.82, 2.24) is 24.8 Å². The highest BCUT2D eigenvalue weighted by Crippen LogP contribution is 2.25. The number of aryl methyl sites for hydroxylation is 1. The number of nitrogens with zero attached hydrogens (tertiary/aromatic N) is 5. The first-order chi connectivity index (χ1) is 12.2. The first kappa shape index (κ1) is 16.5. The average Bonchev–Trinajstić information content (AvgIpc) is 3.24. The Balaban J connectivity index is 1.51. The van der Waals surface area contributed by atoms with Crippen LogP contribution in [0.3, 0.4) is 0 Å². The van der Waals surface area contributed by atoms with Crippen molar-refractivity contribution >= 4 is 16.9 Å². The van der Waals surface area contributed by atoms with Crippen molar-refractivity contribution in [2.75, 3.05) is 39.4 Å². The topological polar surface area (TPSA) is 63.5 Å². The van der Waals surface area contributed by atoms with Gasteiger partial charge in [-0.3, -0.25) is 9.69 Å². The molecular formula is C18H25N5O2. The lowest BCUT2D eigenvalue weighted by Gasteiger charge is -2.33. The molecule has 2 fully saturated rings. The minimum absolute atomic E-state index is 0.0931. The second-order valence-corrected chi connectivity index (χ2v) is 7.01. The van der Waals surface area contributed by atoms with E-state index in [9.17, 15) is 4.79 Å². The van der Waals surface area contributed by atoms with Crippen molar-refractivity contribution in [3.8, 4) is 0 Å². The molecule has 1 amide bonds. The molecule has 2 aromatic rings. The molecule has 0 aliphatic carbocycles. The fourth-order valence-corrected chi connectivity index (χ4v) is 4.02. The van der Waals surface area contributed by atoms with Crippen LogP contribution in [0, 0.1) is 5.92 Å². The molecule has 4 rings (SSSR count). The Labute approximate surface area is 147 Å². The summed E-state index contributed by atoms with van der Waals surface area (Å²) in [5, 5.41) is 8.30. The molecule has 134 valence electrons. The Bertz CT molecular complexity index is 768. The quantitative estimate of drug-likeness (QED) is 0.839. The predicted octanol–water partition coefficient (Wildman–Crippen LogP) is 1.24. The summed E-state index contributed by atoms with van der Waals surface area (Å²) in [4.78, 5) is 17.4. The standard InChI is InChI=1S/C18H25N5O2/c1-3-23-16-5-4-14(10-15(16)19-20-23)18(24)22-11-13(2)17(12-22)21-6-8-25-9-7-21/h4-5,10,13,17H,3,6-9,11-12H2,1-2H3/t13-,17-/m1/s1. The molecule has 2 saturated heterocycles. The van der Waals surface area contributed by atoms with Gasteiger partial charge in [-0.1, -0.05) is 12.1 Å². The molecule has 0 spiro atoms. The van der Waals surface area contributed by atoms with Crippen molar-refractivity contribution in [2.45, 2.75) is 26.4 Å². The molecule has 2 atom stereocenters. The molecule has 1 aromatic carbocycles. The Kier molecular flexibility index (Phi) is 4.43. The van der Waals surface area contributed by atoms with E-state index in [0.29, 0.717) is 17.5 Å². The first-order valence-electron chi connectivity index (χ1n) is 9.11. The summed E-state index contributed by atoms with van der Waals surface area (Å²) in [6, 6.07) is 6.14. The molecule has 0 radical (unpaired) electrons. The molecule has 7 heteroatoms. The number of hydrogen-bond acceptors (Lipinski definition) is 5. The number of fused-ring (bicyclic) bond motifs is 1. The average molecular weight is 343 g/mol. The third-order valence-corrected chi connectivity index (χ3v) is 5.43. The number of morpholine rings is 1. The summed E-state index contributed by atoms with van der Waals surface area (Å²) in [6.45, 7) is 10.1. The molecule has 1 aromatic heterocycles. The highest BCUT2D eigenvalue weighted by atomic mass is 16.5. The van der Waals surface area contributed by atoms with E-state index in [1.54, 1.807) is 0 Å². The van der Waals surface area contributed by atoms with Gasteiger partial charge in [-0.05, 0) is 31.0 Å². The Morgan fingerprint density at radius 1 is 1.28 bits per heavy atom. The van der Waals surface area contributed by atoms with Crippen LogP contribution in [0.2, 0.25) is 0 Å². The number of carbonyl (C=O) groups excluding carboxylic acids is 1. The van der Waals surface area contributed by atoms with Crippen LogP contribution in [-0.4, -0.2) is 76.1 Å². The molecule has 7 nitrogen and oxygen atoms in total. The van der Waals surface area contributed by atoms with Gasteiger partial charge in [0.1, 0.15) is 5.52 Å². The van der Waals surface area contributed by atoms with Gasteiger partial charge in [-0.15, -0.1) is 5.10 Å². The highest BCUT2D eigenvalue weighted by molar-refractivity contribution is 5.97. The Morgan fingerprint density at radius 3 is 2.84 bits per heavy atom. The van der Waals surface area contributed by atoms with E-state index in [2.05, 4.69) is 22.1 Å². The summed E-state index contributed by atoms with van der Waals surface area (Å²) in [7, 11) is 0. The lowest BCUT2D eigenvalue weighted by molar-refractivity contribution is 0.0119. The van der Waals surface area contributed by atoms with E-state index in [4.69, 9.17) is 4.74 Å². The lowest BCUT2D eigenvalue weighted by Crippen LogP contribution is -2.47. The largest absolute Gasteiger partial charge is 0.379 e. The van der Waals surface area contributed by atoms with Crippen molar-refractivity contribution in [1.29, 1.82) is 0 Å². The molecule has 2 aliphatic heterocycles. The third-order valence-electron chi connectivity index (χ3n) is 5.43. The summed E-state index contributed by atoms with van der Waals surface area (Å²) in [6.07, 6.45) is 0. The fourth-order valence-electron chi connectivity index (χ4n) is 4.02. The van der Waals surface area contributed by atoms with Crippen LogP contribution in [0.4, 0.5) is 0 Å². The van der Waals surface area contributed by atoms with Gasteiger partial charge in [-0.25, -0.2) is 4.68 Å². The van der Waals surface area contributed by atoms with Crippen LogP contribution >= 0.6 is 0 Å². The zero-order chi connectivity index (χ0) is 17.4. The summed E-state index contributed by atoms with van der Waals surface area (Å²) < 4.78 is 7.30. The maximum Gasteiger partial charge on any atom is 0.253 e. The maximum atomic E-state index is 13.0. The number of ether oxygens (including phenoxy) is 1. The van der Waals surface area contributed by atoms with E-state index < -0.39 is 0 Å². The van der Waals surface area contributed by atoms with Crippen molar-refractivity contribution in [2.24, 2.45) is 5.92 Å². The maximum absolute atomic E-state index is 13.0. The second-order valence-electron chi connectivity index (χ2n) is 7.01. The van der Waals surface area contributed by atoms with Crippen molar-refractivity contribution in [3.63, 3.8) is 0 Å². The van der Waals surface area contributed by atoms with Gasteiger partial charge in [0.2, 0.25) is 0 Å². The number of likely N-dealkylation sites (tertiary alicyclic amines) is 1. The SMILES string of the molecule is CCn1nnc2cc(C(=O)N3C[C@@H](C)[C@H](N4CCOCC4)C3)ccc21. The summed E-state index contributed by atoms with van der Waals surface area (Å²) in [5.41, 5.74) is 2.45. The molecule has 2 aliphatic rings. The fraction of sp³-hybridized carbons (Fsp3) is 0.611. The van der Waals surface area contributed by atoms with Gasteiger partial charge in [-0.2, -0.15) is 0 Å². The van der Waals surface area contributed by atoms with Crippen LogP contribution in [0.5, 0.6) is 0 Å². The van der Waals surface area contributed by atoms with E-state index in [1.807, 2.05) is 34.7 Å². The molecule has 0 unspecified atom stereocenters. The van der Waals surface area contributed by atoms with Gasteiger partial charge in [0, 0.05) is 44.3 Å². The summed E-state index contributed by atoms with van der Waals surface area (Å²) >= 11 is 0. The van der Waals surface area contributed by atoms with Crippen molar-refractivity contribution in [3.05, 3.63) is 23.8 Å². The second kappa shape index (κ2) is 6.72. The van der Waals surface area contributed by atoms with Gasteiger partial charge in [0.25, 0.3) is 5.91 Å². The van der Waals surface area contributed by atoms with Crippen LogP contribution in [0.15, 0.2) is 18.2 Å². The summed E-state index contributed by atoms with van der Waals surface area (Å²) in [5.74, 6) is 0.572. The molecule has 0 bridgehead atoms. The molecule has 0 saturated carbocycles. The monoisotopic (exact) mass is 343 g/mol. The van der Waals surface area contributed by atoms with Gasteiger partial charge in [0.05, 0.1) is 18.7 Å². The highest BCUT2D eigenvalue weighted by Gasteiger charge is 2.36. The van der Waals surface area contributed by atoms with Crippen LogP contribution < -0.4 is 0 Å². The van der Waals surface area contributed by atoms with E-state index in [-0.39, 0.29) is 5.91 Å². The minimum atomic E-state index is 0.0931. The number of carbonyl (C=O) groups is 1. The third kappa shape index (κ3) is 3.02. The predicted molar refractivity (Wildman–Crippen MR) is 94.4 cm³/mol. The molecular weight excluding hydrogens is 318 g/mol. The molecule has 3 heterocycles. The molecule has 0 N–H and O–H groups in total. The van der Waals surface area contributed by atoms with Crippen molar-refractivity contribution < 1.29 is 9.53 Å². The zero-order valence-electron chi connectivity index (χ0n) is 14.9. The molecule has 25 heavy (non-hydrogen) atoms. The Hall–Kier alpha value is -1.99. The number of hydrogen-bond donors (Lipinski definition) is 0. The number of amides is 1. The van der Waals surface area contributed by atoms with Crippen LogP contribution in [0.25, 0.3) is 11.0 Å². The van der Waals surface area contributed by atoms with E-state index in [0.717, 1.165) is 57.0 Å². The van der Waals surface area contributed by atoms with Crippen LogP contribution in [-0.2, 0) is 11.3 Å². The smallest absolute Gasteiger partial charge is 0.253 e. The number of rotatable bonds is 3. The minimum Gasteiger partial charge on any atom is -0.379 e. The zero-order valence-corrected chi connectivity index (χ0v) is 14.9. The van der Waals surface area contributed by atoms with Gasteiger partial charge in [0.15, 0.2) is 0 Å². The van der Waals surface area contributed by atoms with Gasteiger partial charge >= 0.3 is 0 Å². The number of aromatic nitrogens is 3. The lowest BCUT2D eigenvalue weighted by atomic mass is 10.0. The number of benzene rings is 1. The first-order valence-corrected chi connectivity index (χ1v) is 9.11. The Morgan fingerprint density at radius 2 is 2.08 bits per heavy atom. The van der Waals surface area contributed by atoms with E-state index >= 15 is 0 Å².